The van der Waals surface area contributed by atoms with E-state index in [0.29, 0.717) is 102 Å². The van der Waals surface area contributed by atoms with Crippen LogP contribution in [0.3, 0.4) is 0 Å². The lowest BCUT2D eigenvalue weighted by atomic mass is 9.55. The number of aliphatic hydroxyl groups is 4. The first-order chi connectivity index (χ1) is 68.7. The van der Waals surface area contributed by atoms with Crippen LogP contribution in [0.5, 0.6) is 28.7 Å². The van der Waals surface area contributed by atoms with Crippen LogP contribution in [0.4, 0.5) is 43.9 Å². The summed E-state index contributed by atoms with van der Waals surface area (Å²) in [5.74, 6) is -11.8. The van der Waals surface area contributed by atoms with Gasteiger partial charge < -0.3 is 58.3 Å². The Bertz CT molecular complexity index is 6300. The molecule has 10 aromatic carbocycles. The number of fused-ring (bicyclic) bond motifs is 15. The van der Waals surface area contributed by atoms with Gasteiger partial charge in [0, 0.05) is 110 Å². The number of hydrogen-bond acceptors (Lipinski definition) is 18. The summed E-state index contributed by atoms with van der Waals surface area (Å²) in [6.45, 7) is 6.51. The van der Waals surface area contributed by atoms with E-state index in [1.807, 2.05) is 57.2 Å². The third kappa shape index (κ3) is 19.1. The monoisotopic (exact) mass is 2160 g/mol. The Labute approximate surface area is 856 Å². The molecule has 144 heavy (non-hydrogen) atoms. The molecule has 18 nitrogen and oxygen atoms in total. The number of sulfone groups is 3. The molecule has 0 saturated heterocycles. The Morgan fingerprint density at radius 2 is 0.528 bits per heavy atom. The zero-order valence-electron chi connectivity index (χ0n) is 79.4. The van der Waals surface area contributed by atoms with Crippen molar-refractivity contribution in [3.05, 3.63) is 304 Å². The highest BCUT2D eigenvalue weighted by molar-refractivity contribution is 7.93. The molecule has 10 aliphatic rings. The maximum Gasteiger partial charge on any atom is 0.188 e. The minimum Gasteiger partial charge on any atom is -0.490 e. The van der Waals surface area contributed by atoms with Gasteiger partial charge in [-0.05, 0) is 264 Å². The standard InChI is InChI=1S/C23H25ClF2O3.C22H23ClF2O3.3C21H21ClF2O4S/c1-27-12-16-17-13-29-22-19(26)8-7-18(25)21(22)23(17,10-9-20(16)28-2)11-14-3-5-15(24)6-4-14;1-27-11-15-16-12-28-21-18(25)7-6-17(24)20(21)22(16,9-8-19(15)26)10-13-2-4-14(23)5-3-13;3*1-2-14-15-11-28-20-17(24)8-7-16(23)19(20)21(15,10-9-18(14)25)29(26,27)13-5-3-12(22)4-6-13/h3-8,16-17,20H,9-13H2,1-2H3;2-7,15-16,19,26H,8-12H2,1H3;3*3-8,14-15,18,25H,2,9-11H2,1H3/t16-,17-,20+,23-;15-,16-,19+,22-;14-,15+,18+,21+;14-,15+,18-,21+;14-,15-,18+,21-/m00110/s1. The number of halogens is 15. The molecule has 0 radical (unpaired) electrons. The number of ether oxygens (including phenoxy) is 8. The van der Waals surface area contributed by atoms with E-state index in [2.05, 4.69) is 0 Å². The number of methoxy groups -OCH3 is 3. The van der Waals surface area contributed by atoms with Crippen LogP contribution in [0, 0.1) is 117 Å². The molecule has 20 atom stereocenters. The molecule has 4 N–H and O–H groups in total. The van der Waals surface area contributed by atoms with Crippen molar-refractivity contribution < 1.29 is 127 Å². The van der Waals surface area contributed by atoms with Gasteiger partial charge in [0.15, 0.2) is 87.3 Å². The lowest BCUT2D eigenvalue weighted by molar-refractivity contribution is -0.0880. The smallest absolute Gasteiger partial charge is 0.188 e. The fraction of sp³-hybridized carbons (Fsp3) is 0.444. The SMILES string of the molecule is CC[C@@H]1[C@H](O)CC[C@@]2(S(=O)(=O)c3ccc(Cl)cc3)c3c(F)ccc(F)c3OC[C@@H]12.CC[C@H]1[C@@H](O)CC[C@@]2(S(=O)(=O)c3ccc(Cl)cc3)c3c(F)ccc(F)c3OC[C@@H]12.CC[C@H]1[C@H](O)CC[C@@]2(S(=O)(=O)c3ccc(Cl)cc3)c3c(F)ccc(F)c3OC[C@@H]12.COC[C@@H]1[C@H](O)CC[C@@]2(Cc3ccc(Cl)cc3)c3c(F)ccc(F)c3OC[C@@H]12.COC[C@@H]1[C@H](OC)CC[C@@]2(Cc3ccc(Cl)cc3)c3c(F)ccc(F)c3OC[C@@H]12. The summed E-state index contributed by atoms with van der Waals surface area (Å²) in [5, 5.41) is 44.6. The van der Waals surface area contributed by atoms with Crippen molar-refractivity contribution in [3.8, 4) is 28.7 Å². The highest BCUT2D eigenvalue weighted by Crippen LogP contribution is 2.65. The quantitative estimate of drug-likeness (QED) is 0.0582. The predicted octanol–water partition coefficient (Wildman–Crippen LogP) is 23.1. The van der Waals surface area contributed by atoms with E-state index < -0.39 is 173 Å². The third-order valence-corrected chi connectivity index (χ3v) is 41.1. The Kier molecular flexibility index (Phi) is 32.8. The first-order valence-corrected chi connectivity index (χ1v) is 54.3. The second-order valence-corrected chi connectivity index (χ2v) is 47.7. The van der Waals surface area contributed by atoms with Gasteiger partial charge in [-0.2, -0.15) is 0 Å². The maximum absolute atomic E-state index is 15.2. The van der Waals surface area contributed by atoms with Gasteiger partial charge in [0.25, 0.3) is 0 Å². The van der Waals surface area contributed by atoms with E-state index in [1.165, 1.54) is 84.9 Å². The zero-order chi connectivity index (χ0) is 103. The molecular formula is C108H111Cl5F10O18S3. The van der Waals surface area contributed by atoms with Crippen molar-refractivity contribution in [2.45, 2.75) is 187 Å². The van der Waals surface area contributed by atoms with Crippen LogP contribution < -0.4 is 23.7 Å². The highest BCUT2D eigenvalue weighted by atomic mass is 35.5. The van der Waals surface area contributed by atoms with Crippen LogP contribution >= 0.6 is 58.0 Å². The van der Waals surface area contributed by atoms with Gasteiger partial charge in [-0.25, -0.2) is 69.2 Å². The molecular weight excluding hydrogens is 2050 g/mol. The summed E-state index contributed by atoms with van der Waals surface area (Å²) in [6.07, 6.45) is 2.60. The van der Waals surface area contributed by atoms with Crippen LogP contribution in [-0.4, -0.2) is 144 Å². The average molecular weight is 2160 g/mol. The van der Waals surface area contributed by atoms with E-state index in [-0.39, 0.29) is 160 Å². The second-order valence-electron chi connectivity index (χ2n) is 38.9. The van der Waals surface area contributed by atoms with Crippen LogP contribution in [0.25, 0.3) is 0 Å². The first-order valence-electron chi connectivity index (χ1n) is 48.0. The van der Waals surface area contributed by atoms with Gasteiger partial charge in [-0.1, -0.05) is 122 Å². The largest absolute Gasteiger partial charge is 0.490 e. The Morgan fingerprint density at radius 1 is 0.299 bits per heavy atom. The fourth-order valence-corrected chi connectivity index (χ4v) is 33.4. The predicted molar refractivity (Wildman–Crippen MR) is 524 cm³/mol. The van der Waals surface area contributed by atoms with E-state index in [0.717, 1.165) is 66.1 Å². The molecule has 36 heteroatoms. The fourth-order valence-electron chi connectivity index (χ4n) is 25.5. The van der Waals surface area contributed by atoms with Gasteiger partial charge in [-0.3, -0.25) is 0 Å². The molecule has 774 valence electrons. The van der Waals surface area contributed by atoms with Gasteiger partial charge in [0.05, 0.1) is 108 Å². The minimum atomic E-state index is -4.18. The summed E-state index contributed by atoms with van der Waals surface area (Å²) >= 11 is 29.8. The highest BCUT2D eigenvalue weighted by Gasteiger charge is 2.67. The minimum absolute atomic E-state index is 0.00206. The molecule has 0 amide bonds. The molecule has 0 aromatic heterocycles. The number of benzene rings is 10. The Balaban J connectivity index is 0.000000129. The maximum atomic E-state index is 15.2. The van der Waals surface area contributed by atoms with Gasteiger partial charge in [0.1, 0.15) is 43.3 Å². The Hall–Kier alpha value is -8.48. The van der Waals surface area contributed by atoms with Crippen molar-refractivity contribution in [1.82, 2.24) is 0 Å². The average Bonchev–Trinajstić information content (AvgIpc) is 0.698. The van der Waals surface area contributed by atoms with E-state index in [9.17, 15) is 67.6 Å². The van der Waals surface area contributed by atoms with Gasteiger partial charge in [0.2, 0.25) is 0 Å². The first kappa shape index (κ1) is 108. The van der Waals surface area contributed by atoms with Crippen molar-refractivity contribution in [2.75, 3.05) is 67.6 Å². The van der Waals surface area contributed by atoms with E-state index in [4.69, 9.17) is 95.9 Å². The van der Waals surface area contributed by atoms with Crippen LogP contribution in [0.2, 0.25) is 25.1 Å². The molecule has 5 saturated carbocycles. The molecule has 0 spiro atoms. The zero-order valence-corrected chi connectivity index (χ0v) is 85.7. The van der Waals surface area contributed by atoms with Crippen LogP contribution in [-0.2, 0) is 81.6 Å². The summed E-state index contributed by atoms with van der Waals surface area (Å²) in [6, 6.07) is 42.2. The third-order valence-electron chi connectivity index (χ3n) is 32.2. The number of hydrogen-bond donors (Lipinski definition) is 4. The normalized spacial score (nSPS) is 28.8. The summed E-state index contributed by atoms with van der Waals surface area (Å²) in [4.78, 5) is -0.0565. The molecule has 5 aliphatic heterocycles. The van der Waals surface area contributed by atoms with Crippen molar-refractivity contribution >= 4 is 87.5 Å². The lowest BCUT2D eigenvalue weighted by Gasteiger charge is -2.53. The molecule has 20 rings (SSSR count). The topological polar surface area (TPSA) is 257 Å². The molecule has 0 unspecified atom stereocenters. The second kappa shape index (κ2) is 43.6. The summed E-state index contributed by atoms with van der Waals surface area (Å²) in [7, 11) is -7.60. The van der Waals surface area contributed by atoms with E-state index in [1.54, 1.807) is 33.5 Å². The molecule has 5 fully saturated rings. The lowest BCUT2D eigenvalue weighted by Crippen LogP contribution is -2.57. The molecule has 0 bridgehead atoms. The van der Waals surface area contributed by atoms with Crippen molar-refractivity contribution in [1.29, 1.82) is 0 Å². The number of rotatable bonds is 18. The van der Waals surface area contributed by atoms with Crippen molar-refractivity contribution in [3.63, 3.8) is 0 Å². The van der Waals surface area contributed by atoms with Gasteiger partial charge >= 0.3 is 0 Å². The van der Waals surface area contributed by atoms with Crippen LogP contribution in [0.15, 0.2) is 197 Å². The van der Waals surface area contributed by atoms with Gasteiger partial charge in [-0.15, -0.1) is 0 Å². The van der Waals surface area contributed by atoms with E-state index >= 15 is 22.0 Å². The Morgan fingerprint density at radius 3 is 0.806 bits per heavy atom. The van der Waals surface area contributed by atoms with Crippen molar-refractivity contribution in [2.24, 2.45) is 59.2 Å². The summed E-state index contributed by atoms with van der Waals surface area (Å²) < 4.78 is 272. The van der Waals surface area contributed by atoms with Crippen LogP contribution in [0.1, 0.15) is 143 Å². The molecule has 5 heterocycles. The summed E-state index contributed by atoms with van der Waals surface area (Å²) in [5.41, 5.74) is 0.548. The number of aliphatic hydroxyl groups excluding tert-OH is 4. The molecule has 10 aromatic rings. The molecule has 5 aliphatic carbocycles.